The second-order valence-corrected chi connectivity index (χ2v) is 8.72. The monoisotopic (exact) mass is 398 g/mol. The molecule has 1 aromatic carbocycles. The lowest BCUT2D eigenvalue weighted by Gasteiger charge is -2.43. The van der Waals surface area contributed by atoms with Crippen LogP contribution in [0, 0.1) is 0 Å². The van der Waals surface area contributed by atoms with Crippen LogP contribution in [0.3, 0.4) is 0 Å². The maximum Gasteiger partial charge on any atom is 0.322 e. The molecule has 0 bridgehead atoms. The number of benzene rings is 1. The first-order valence-electron chi connectivity index (χ1n) is 11.4. The van der Waals surface area contributed by atoms with Crippen molar-refractivity contribution in [2.24, 2.45) is 0 Å². The summed E-state index contributed by atoms with van der Waals surface area (Å²) in [6, 6.07) is 8.16. The van der Waals surface area contributed by atoms with Crippen molar-refractivity contribution in [3.8, 4) is 0 Å². The number of likely N-dealkylation sites (tertiary alicyclic amines) is 1. The van der Waals surface area contributed by atoms with Gasteiger partial charge in [0.25, 0.3) is 5.91 Å². The first kappa shape index (κ1) is 20.2. The average Bonchev–Trinajstić information content (AvgIpc) is 3.03. The van der Waals surface area contributed by atoms with E-state index in [1.165, 1.54) is 32.2 Å². The van der Waals surface area contributed by atoms with Crippen molar-refractivity contribution in [2.45, 2.75) is 64.0 Å². The summed E-state index contributed by atoms with van der Waals surface area (Å²) in [5.74, 6) is 0.105. The third-order valence-corrected chi connectivity index (χ3v) is 6.80. The van der Waals surface area contributed by atoms with Gasteiger partial charge in [-0.3, -0.25) is 9.69 Å². The van der Waals surface area contributed by atoms with Gasteiger partial charge in [0.1, 0.15) is 0 Å². The zero-order valence-corrected chi connectivity index (χ0v) is 17.6. The zero-order chi connectivity index (χ0) is 20.2. The Morgan fingerprint density at radius 1 is 0.966 bits per heavy atom. The van der Waals surface area contributed by atoms with E-state index in [9.17, 15) is 9.59 Å². The molecule has 29 heavy (non-hydrogen) atoms. The number of piperazine rings is 1. The lowest BCUT2D eigenvalue weighted by molar-refractivity contribution is 0.0761. The predicted octanol–water partition coefficient (Wildman–Crippen LogP) is 3.79. The molecule has 1 N–H and O–H groups in total. The minimum Gasteiger partial charge on any atom is -0.339 e. The molecule has 3 aliphatic heterocycles. The van der Waals surface area contributed by atoms with Crippen LogP contribution in [0.1, 0.15) is 62.2 Å². The normalized spacial score (nSPS) is 25.4. The van der Waals surface area contributed by atoms with E-state index in [1.54, 1.807) is 0 Å². The van der Waals surface area contributed by atoms with Crippen LogP contribution in [-0.2, 0) is 0 Å². The lowest BCUT2D eigenvalue weighted by atomic mass is 10.1. The van der Waals surface area contributed by atoms with E-state index in [1.807, 2.05) is 34.1 Å². The van der Waals surface area contributed by atoms with Gasteiger partial charge in [0.15, 0.2) is 0 Å². The van der Waals surface area contributed by atoms with Crippen molar-refractivity contribution in [1.29, 1.82) is 0 Å². The second-order valence-electron chi connectivity index (χ2n) is 8.72. The number of fused-ring (bicyclic) bond motifs is 1. The summed E-state index contributed by atoms with van der Waals surface area (Å²) in [4.78, 5) is 32.2. The molecule has 3 aliphatic rings. The van der Waals surface area contributed by atoms with Gasteiger partial charge in [0, 0.05) is 49.5 Å². The molecule has 0 spiro atoms. The number of hydrogen-bond donors (Lipinski definition) is 1. The topological polar surface area (TPSA) is 55.9 Å². The molecule has 158 valence electrons. The van der Waals surface area contributed by atoms with E-state index >= 15 is 0 Å². The van der Waals surface area contributed by atoms with E-state index < -0.39 is 0 Å². The molecule has 3 fully saturated rings. The van der Waals surface area contributed by atoms with Gasteiger partial charge >= 0.3 is 6.03 Å². The average molecular weight is 399 g/mol. The molecular formula is C23H34N4O2. The fourth-order valence-electron chi connectivity index (χ4n) is 5.03. The number of anilines is 1. The third kappa shape index (κ3) is 4.58. The molecule has 0 radical (unpaired) electrons. The van der Waals surface area contributed by atoms with Crippen LogP contribution in [0.25, 0.3) is 0 Å². The zero-order valence-electron chi connectivity index (χ0n) is 17.6. The summed E-state index contributed by atoms with van der Waals surface area (Å²) in [5.41, 5.74) is 1.46. The van der Waals surface area contributed by atoms with E-state index in [-0.39, 0.29) is 18.0 Å². The van der Waals surface area contributed by atoms with Crippen molar-refractivity contribution in [1.82, 2.24) is 14.7 Å². The molecule has 3 amide bonds. The van der Waals surface area contributed by atoms with Crippen LogP contribution < -0.4 is 5.32 Å². The molecule has 4 rings (SSSR count). The highest BCUT2D eigenvalue weighted by molar-refractivity contribution is 5.95. The molecule has 3 heterocycles. The lowest BCUT2D eigenvalue weighted by Crippen LogP contribution is -2.58. The minimum absolute atomic E-state index is 0.0185. The largest absolute Gasteiger partial charge is 0.339 e. The molecule has 2 atom stereocenters. The number of rotatable bonds is 3. The molecule has 0 unspecified atom stereocenters. The van der Waals surface area contributed by atoms with Crippen molar-refractivity contribution >= 4 is 17.6 Å². The van der Waals surface area contributed by atoms with E-state index in [2.05, 4.69) is 17.1 Å². The van der Waals surface area contributed by atoms with Crippen LogP contribution >= 0.6 is 0 Å². The number of amides is 3. The van der Waals surface area contributed by atoms with Crippen LogP contribution in [0.2, 0.25) is 0 Å². The third-order valence-electron chi connectivity index (χ3n) is 6.80. The Morgan fingerprint density at radius 2 is 1.69 bits per heavy atom. The van der Waals surface area contributed by atoms with Crippen molar-refractivity contribution in [3.63, 3.8) is 0 Å². The maximum atomic E-state index is 13.0. The van der Waals surface area contributed by atoms with Crippen molar-refractivity contribution in [3.05, 3.63) is 29.8 Å². The predicted molar refractivity (Wildman–Crippen MR) is 115 cm³/mol. The van der Waals surface area contributed by atoms with Gasteiger partial charge in [-0.1, -0.05) is 19.8 Å². The standard InChI is InChI=1S/C23H34N4O2/c1-2-20-16-26-15-7-8-21(26)17-27(20)23(29)24-19-11-9-18(10-12-19)22(28)25-13-5-3-4-6-14-25/h9-12,20-21H,2-8,13-17H2,1H3,(H,24,29)/t20-,21+/m0/s1. The summed E-state index contributed by atoms with van der Waals surface area (Å²) in [7, 11) is 0. The van der Waals surface area contributed by atoms with Gasteiger partial charge in [0.05, 0.1) is 0 Å². The first-order chi connectivity index (χ1) is 14.2. The van der Waals surface area contributed by atoms with Crippen molar-refractivity contribution < 1.29 is 9.59 Å². The number of carbonyl (C=O) groups excluding carboxylic acids is 2. The Hall–Kier alpha value is -2.08. The van der Waals surface area contributed by atoms with Gasteiger partial charge < -0.3 is 15.1 Å². The fraction of sp³-hybridized carbons (Fsp3) is 0.652. The molecule has 3 saturated heterocycles. The van der Waals surface area contributed by atoms with E-state index in [0.717, 1.165) is 51.1 Å². The smallest absolute Gasteiger partial charge is 0.322 e. The Labute approximate surface area is 174 Å². The molecule has 6 nitrogen and oxygen atoms in total. The Morgan fingerprint density at radius 3 is 2.38 bits per heavy atom. The maximum absolute atomic E-state index is 13.0. The Balaban J connectivity index is 1.37. The van der Waals surface area contributed by atoms with Crippen LogP contribution in [0.5, 0.6) is 0 Å². The number of nitrogens with zero attached hydrogens (tertiary/aromatic N) is 3. The Bertz CT molecular complexity index is 712. The number of hydrogen-bond acceptors (Lipinski definition) is 3. The minimum atomic E-state index is -0.0185. The summed E-state index contributed by atoms with van der Waals surface area (Å²) < 4.78 is 0. The van der Waals surface area contributed by atoms with Crippen LogP contribution in [-0.4, -0.2) is 71.4 Å². The highest BCUT2D eigenvalue weighted by Gasteiger charge is 2.37. The Kier molecular flexibility index (Phi) is 6.38. The number of nitrogens with one attached hydrogen (secondary N) is 1. The summed E-state index contributed by atoms with van der Waals surface area (Å²) >= 11 is 0. The SMILES string of the molecule is CC[C@H]1CN2CCC[C@@H]2CN1C(=O)Nc1ccc(C(=O)N2CCCCCC2)cc1. The van der Waals surface area contributed by atoms with E-state index in [4.69, 9.17) is 0 Å². The molecule has 0 aliphatic carbocycles. The van der Waals surface area contributed by atoms with Crippen LogP contribution in [0.4, 0.5) is 10.5 Å². The highest BCUT2D eigenvalue weighted by atomic mass is 16.2. The van der Waals surface area contributed by atoms with Crippen molar-refractivity contribution in [2.75, 3.05) is 38.0 Å². The summed E-state index contributed by atoms with van der Waals surface area (Å²) in [6.45, 7) is 6.83. The van der Waals surface area contributed by atoms with Gasteiger partial charge in [-0.2, -0.15) is 0 Å². The summed E-state index contributed by atoms with van der Waals surface area (Å²) in [6.07, 6.45) is 8.00. The quantitative estimate of drug-likeness (QED) is 0.843. The molecule has 6 heteroatoms. The molecule has 0 aromatic heterocycles. The molecular weight excluding hydrogens is 364 g/mol. The van der Waals surface area contributed by atoms with Gasteiger partial charge in [-0.05, 0) is 62.9 Å². The van der Waals surface area contributed by atoms with Gasteiger partial charge in [0.2, 0.25) is 0 Å². The number of urea groups is 1. The van der Waals surface area contributed by atoms with Gasteiger partial charge in [-0.15, -0.1) is 0 Å². The van der Waals surface area contributed by atoms with Crippen LogP contribution in [0.15, 0.2) is 24.3 Å². The highest BCUT2D eigenvalue weighted by Crippen LogP contribution is 2.26. The molecule has 0 saturated carbocycles. The molecule has 1 aromatic rings. The van der Waals surface area contributed by atoms with E-state index in [0.29, 0.717) is 11.6 Å². The first-order valence-corrected chi connectivity index (χ1v) is 11.4. The van der Waals surface area contributed by atoms with Gasteiger partial charge in [-0.25, -0.2) is 4.79 Å². The number of carbonyl (C=O) groups is 2. The second kappa shape index (κ2) is 9.16. The fourth-order valence-corrected chi connectivity index (χ4v) is 5.03. The summed E-state index contributed by atoms with van der Waals surface area (Å²) in [5, 5.41) is 3.06.